The summed E-state index contributed by atoms with van der Waals surface area (Å²) >= 11 is 1.80. The first-order chi connectivity index (χ1) is 9.95. The molecule has 1 heterocycles. The molecule has 0 spiro atoms. The lowest BCUT2D eigenvalue weighted by Crippen LogP contribution is -2.33. The van der Waals surface area contributed by atoms with Gasteiger partial charge in [-0.2, -0.15) is 0 Å². The first-order valence-electron chi connectivity index (χ1n) is 7.53. The van der Waals surface area contributed by atoms with Gasteiger partial charge in [-0.15, -0.1) is 11.3 Å². The molecule has 1 fully saturated rings. The lowest BCUT2D eigenvalue weighted by atomic mass is 10.1. The predicted molar refractivity (Wildman–Crippen MR) is 83.6 cm³/mol. The largest absolute Gasteiger partial charge is 0.481 e. The smallest absolute Gasteiger partial charge is 0.306 e. The second-order valence-corrected chi connectivity index (χ2v) is 7.37. The number of thiophene rings is 1. The topological polar surface area (TPSA) is 66.4 Å². The van der Waals surface area contributed by atoms with E-state index in [0.29, 0.717) is 19.3 Å². The molecule has 1 aliphatic carbocycles. The predicted octanol–water partition coefficient (Wildman–Crippen LogP) is 3.06. The Hall–Kier alpha value is -1.36. The minimum Gasteiger partial charge on any atom is -0.481 e. The van der Waals surface area contributed by atoms with Crippen LogP contribution >= 0.6 is 11.3 Å². The van der Waals surface area contributed by atoms with Crippen molar-refractivity contribution in [3.05, 3.63) is 21.4 Å². The highest BCUT2D eigenvalue weighted by Gasteiger charge is 2.30. The molecule has 2 N–H and O–H groups in total. The van der Waals surface area contributed by atoms with Gasteiger partial charge in [0, 0.05) is 22.2 Å². The molecule has 2 atom stereocenters. The maximum atomic E-state index is 11.9. The molecule has 2 rings (SSSR count). The van der Waals surface area contributed by atoms with E-state index in [9.17, 15) is 9.59 Å². The molecule has 0 bridgehead atoms. The normalized spacial score (nSPS) is 21.4. The van der Waals surface area contributed by atoms with Gasteiger partial charge in [0.05, 0.1) is 5.92 Å². The molecule has 0 aromatic carbocycles. The summed E-state index contributed by atoms with van der Waals surface area (Å²) in [4.78, 5) is 25.4. The van der Waals surface area contributed by atoms with Gasteiger partial charge >= 0.3 is 5.97 Å². The summed E-state index contributed by atoms with van der Waals surface area (Å²) in [5.41, 5.74) is 1.34. The van der Waals surface area contributed by atoms with Crippen molar-refractivity contribution in [1.82, 2.24) is 5.32 Å². The van der Waals surface area contributed by atoms with Crippen molar-refractivity contribution in [3.8, 4) is 0 Å². The molecule has 1 amide bonds. The Kier molecular flexibility index (Phi) is 5.39. The molecular formula is C16H23NO3S. The van der Waals surface area contributed by atoms with Crippen molar-refractivity contribution in [3.63, 3.8) is 0 Å². The van der Waals surface area contributed by atoms with Crippen LogP contribution < -0.4 is 5.32 Å². The number of aryl methyl sites for hydroxylation is 3. The van der Waals surface area contributed by atoms with Gasteiger partial charge in [-0.05, 0) is 57.6 Å². The number of carbonyl (C=O) groups is 2. The van der Waals surface area contributed by atoms with E-state index in [1.54, 1.807) is 11.3 Å². The van der Waals surface area contributed by atoms with Crippen LogP contribution in [0.25, 0.3) is 0 Å². The second-order valence-electron chi connectivity index (χ2n) is 5.90. The summed E-state index contributed by atoms with van der Waals surface area (Å²) < 4.78 is 0. The van der Waals surface area contributed by atoms with Crippen LogP contribution in [-0.2, 0) is 16.0 Å². The van der Waals surface area contributed by atoms with E-state index in [2.05, 4.69) is 25.2 Å². The summed E-state index contributed by atoms with van der Waals surface area (Å²) in [6, 6.07) is 2.25. The van der Waals surface area contributed by atoms with Gasteiger partial charge in [0.25, 0.3) is 0 Å². The van der Waals surface area contributed by atoms with Crippen molar-refractivity contribution in [2.24, 2.45) is 5.92 Å². The lowest BCUT2D eigenvalue weighted by molar-refractivity contribution is -0.141. The van der Waals surface area contributed by atoms with Gasteiger partial charge in [-0.1, -0.05) is 0 Å². The lowest BCUT2D eigenvalue weighted by Gasteiger charge is -2.12. The number of hydrogen-bond acceptors (Lipinski definition) is 3. The Bertz CT molecular complexity index is 524. The third kappa shape index (κ3) is 4.56. The number of rotatable bonds is 6. The summed E-state index contributed by atoms with van der Waals surface area (Å²) in [7, 11) is 0. The van der Waals surface area contributed by atoms with Crippen LogP contribution in [0.4, 0.5) is 0 Å². The Labute approximate surface area is 129 Å². The van der Waals surface area contributed by atoms with Crippen molar-refractivity contribution in [2.75, 3.05) is 0 Å². The number of nitrogens with one attached hydrogen (secondary N) is 1. The van der Waals surface area contributed by atoms with E-state index in [-0.39, 0.29) is 17.9 Å². The van der Waals surface area contributed by atoms with Crippen LogP contribution in [0.15, 0.2) is 6.07 Å². The van der Waals surface area contributed by atoms with E-state index in [1.807, 2.05) is 0 Å². The fourth-order valence-electron chi connectivity index (χ4n) is 3.01. The molecule has 116 valence electrons. The molecule has 4 nitrogen and oxygen atoms in total. The van der Waals surface area contributed by atoms with Crippen LogP contribution in [0.1, 0.15) is 47.4 Å². The van der Waals surface area contributed by atoms with Crippen LogP contribution in [0, 0.1) is 19.8 Å². The van der Waals surface area contributed by atoms with E-state index in [0.717, 1.165) is 19.3 Å². The summed E-state index contributed by atoms with van der Waals surface area (Å²) in [5.74, 6) is -0.975. The standard InChI is InChI=1S/C16H23NO3S/c1-10-8-12(11(2)21-10)4-3-5-15(18)17-14-7-6-13(9-14)16(19)20/h8,13-14H,3-7,9H2,1-2H3,(H,17,18)(H,19,20)/t13-,14+/m1/s1. The van der Waals surface area contributed by atoms with Crippen molar-refractivity contribution in [2.45, 2.75) is 58.4 Å². The third-order valence-electron chi connectivity index (χ3n) is 4.14. The number of hydrogen-bond donors (Lipinski definition) is 2. The molecule has 0 radical (unpaired) electrons. The van der Waals surface area contributed by atoms with Crippen molar-refractivity contribution >= 4 is 23.2 Å². The summed E-state index contributed by atoms with van der Waals surface area (Å²) in [5, 5.41) is 11.9. The fourth-order valence-corrected chi connectivity index (χ4v) is 3.98. The average Bonchev–Trinajstić information content (AvgIpc) is 2.97. The van der Waals surface area contributed by atoms with E-state index < -0.39 is 5.97 Å². The highest BCUT2D eigenvalue weighted by atomic mass is 32.1. The molecule has 1 aromatic rings. The van der Waals surface area contributed by atoms with E-state index in [1.165, 1.54) is 15.3 Å². The van der Waals surface area contributed by atoms with Gasteiger partial charge in [0.15, 0.2) is 0 Å². The Morgan fingerprint density at radius 3 is 2.71 bits per heavy atom. The summed E-state index contributed by atoms with van der Waals surface area (Å²) in [6.45, 7) is 4.23. The molecule has 0 aliphatic heterocycles. The molecule has 1 aromatic heterocycles. The zero-order chi connectivity index (χ0) is 15.4. The summed E-state index contributed by atoms with van der Waals surface area (Å²) in [6.07, 6.45) is 4.33. The van der Waals surface area contributed by atoms with Crippen LogP contribution in [0.3, 0.4) is 0 Å². The van der Waals surface area contributed by atoms with Crippen LogP contribution in [0.5, 0.6) is 0 Å². The number of amides is 1. The molecule has 1 aliphatic rings. The molecule has 5 heteroatoms. The maximum Gasteiger partial charge on any atom is 0.306 e. The fraction of sp³-hybridized carbons (Fsp3) is 0.625. The van der Waals surface area contributed by atoms with E-state index >= 15 is 0 Å². The highest BCUT2D eigenvalue weighted by Crippen LogP contribution is 2.26. The first kappa shape index (κ1) is 16.0. The average molecular weight is 309 g/mol. The zero-order valence-electron chi connectivity index (χ0n) is 12.6. The molecule has 0 saturated heterocycles. The maximum absolute atomic E-state index is 11.9. The SMILES string of the molecule is Cc1cc(CCCC(=O)N[C@H]2CC[C@@H](C(=O)O)C2)c(C)s1. The van der Waals surface area contributed by atoms with Crippen LogP contribution in [0.2, 0.25) is 0 Å². The molecule has 21 heavy (non-hydrogen) atoms. The number of carbonyl (C=O) groups excluding carboxylic acids is 1. The Balaban J connectivity index is 1.69. The van der Waals surface area contributed by atoms with Crippen LogP contribution in [-0.4, -0.2) is 23.0 Å². The zero-order valence-corrected chi connectivity index (χ0v) is 13.5. The van der Waals surface area contributed by atoms with Gasteiger partial charge in [0.2, 0.25) is 5.91 Å². The number of carboxylic acids is 1. The molecule has 0 unspecified atom stereocenters. The Morgan fingerprint density at radius 1 is 1.38 bits per heavy atom. The number of carboxylic acid groups (broad SMARTS) is 1. The first-order valence-corrected chi connectivity index (χ1v) is 8.35. The highest BCUT2D eigenvalue weighted by molar-refractivity contribution is 7.12. The minimum atomic E-state index is -0.741. The van der Waals surface area contributed by atoms with E-state index in [4.69, 9.17) is 5.11 Å². The van der Waals surface area contributed by atoms with Gasteiger partial charge in [0.1, 0.15) is 0 Å². The monoisotopic (exact) mass is 309 g/mol. The van der Waals surface area contributed by atoms with Crippen molar-refractivity contribution < 1.29 is 14.7 Å². The minimum absolute atomic E-state index is 0.0451. The third-order valence-corrected chi connectivity index (χ3v) is 5.15. The van der Waals surface area contributed by atoms with Gasteiger partial charge < -0.3 is 10.4 Å². The van der Waals surface area contributed by atoms with Gasteiger partial charge in [-0.25, -0.2) is 0 Å². The van der Waals surface area contributed by atoms with Crippen molar-refractivity contribution in [1.29, 1.82) is 0 Å². The second kappa shape index (κ2) is 7.07. The van der Waals surface area contributed by atoms with Gasteiger partial charge in [-0.3, -0.25) is 9.59 Å². The Morgan fingerprint density at radius 2 is 2.14 bits per heavy atom. The molecule has 1 saturated carbocycles. The molecular weight excluding hydrogens is 286 g/mol. The number of aliphatic carboxylic acids is 1. The quantitative estimate of drug-likeness (QED) is 0.848.